The molecule has 2 unspecified atom stereocenters. The Kier molecular flexibility index (Phi) is 11.0. The summed E-state index contributed by atoms with van der Waals surface area (Å²) in [6, 6.07) is 49.5. The smallest absolute Gasteiger partial charge is 0.295 e. The quantitative estimate of drug-likeness (QED) is 0.0908. The number of nitrogens with zero attached hydrogens (tertiary/aromatic N) is 4. The molecular formula is C63H64N4OSi+2. The van der Waals surface area contributed by atoms with Crippen molar-refractivity contribution in [3.63, 3.8) is 0 Å². The molecule has 0 saturated carbocycles. The Balaban J connectivity index is 1.24. The zero-order valence-electron chi connectivity index (χ0n) is 41.8. The van der Waals surface area contributed by atoms with Gasteiger partial charge < -0.3 is 4.42 Å². The summed E-state index contributed by atoms with van der Waals surface area (Å²) in [6.45, 7) is 27.3. The van der Waals surface area contributed by atoms with Crippen LogP contribution in [0, 0.1) is 17.2 Å². The number of furan rings is 1. The van der Waals surface area contributed by atoms with Crippen LogP contribution in [0.2, 0.25) is 19.6 Å². The fourth-order valence-electron chi connectivity index (χ4n) is 12.0. The summed E-state index contributed by atoms with van der Waals surface area (Å²) in [5.74, 6) is 2.25. The molecule has 2 atom stereocenters. The molecule has 9 aromatic rings. The molecule has 5 heterocycles. The highest BCUT2D eigenvalue weighted by Crippen LogP contribution is 2.47. The lowest BCUT2D eigenvalue weighted by atomic mass is 9.76. The summed E-state index contributed by atoms with van der Waals surface area (Å²) < 4.78 is 14.6. The van der Waals surface area contributed by atoms with Crippen LogP contribution >= 0.6 is 0 Å². The van der Waals surface area contributed by atoms with E-state index in [-0.39, 0.29) is 23.8 Å². The first-order chi connectivity index (χ1) is 33.2. The van der Waals surface area contributed by atoms with Gasteiger partial charge in [0.15, 0.2) is 23.3 Å². The number of aryl methyl sites for hydroxylation is 1. The molecule has 6 aromatic carbocycles. The summed E-state index contributed by atoms with van der Waals surface area (Å²) in [5.41, 5.74) is 20.1. The second kappa shape index (κ2) is 17.0. The highest BCUT2D eigenvalue weighted by Gasteiger charge is 2.46. The number of hydrogen-bond acceptors (Lipinski definition) is 2. The minimum atomic E-state index is -1.81. The fraction of sp³-hybridized carbons (Fsp3) is 0.286. The normalized spacial score (nSPS) is 15.9. The van der Waals surface area contributed by atoms with Gasteiger partial charge in [0.1, 0.15) is 23.4 Å². The van der Waals surface area contributed by atoms with E-state index in [1.54, 1.807) is 0 Å². The zero-order chi connectivity index (χ0) is 48.0. The van der Waals surface area contributed by atoms with Crippen molar-refractivity contribution < 1.29 is 13.6 Å². The van der Waals surface area contributed by atoms with Crippen LogP contribution in [-0.2, 0) is 19.4 Å². The second-order valence-corrected chi connectivity index (χ2v) is 27.1. The zero-order valence-corrected chi connectivity index (χ0v) is 42.8. The lowest BCUT2D eigenvalue weighted by molar-refractivity contribution is -0.718. The molecule has 0 N–H and O–H groups in total. The van der Waals surface area contributed by atoms with Gasteiger partial charge in [0.05, 0.1) is 31.2 Å². The van der Waals surface area contributed by atoms with E-state index in [4.69, 9.17) is 11.0 Å². The van der Waals surface area contributed by atoms with E-state index in [0.29, 0.717) is 18.0 Å². The molecule has 0 radical (unpaired) electrons. The maximum absolute atomic E-state index is 10.4. The van der Waals surface area contributed by atoms with E-state index in [1.807, 2.05) is 6.07 Å². The largest absolute Gasteiger partial charge is 0.456 e. The predicted octanol–water partition coefficient (Wildman–Crippen LogP) is 14.8. The van der Waals surface area contributed by atoms with Gasteiger partial charge >= 0.3 is 0 Å². The SMILES string of the molecule is C=C1C[n+]2c(n(-c3c(C(C)C)cc(-c4ccccc4)cc3C(C)C)c3ccccc32)-c2cc3c(cc2CCC2c4cc(C#N)ccc4-c4cc(CC(C)C)c([Si](C)(C)C)c[n+]4C12)oc1ccccc13. The van der Waals surface area contributed by atoms with Gasteiger partial charge in [0, 0.05) is 44.3 Å². The van der Waals surface area contributed by atoms with Gasteiger partial charge in [0.2, 0.25) is 5.69 Å². The summed E-state index contributed by atoms with van der Waals surface area (Å²) in [6.07, 6.45) is 5.25. The van der Waals surface area contributed by atoms with Gasteiger partial charge in [-0.1, -0.05) is 128 Å². The minimum absolute atomic E-state index is 0.0498. The van der Waals surface area contributed by atoms with Gasteiger partial charge in [-0.3, -0.25) is 0 Å². The van der Waals surface area contributed by atoms with Crippen LogP contribution in [0.15, 0.2) is 150 Å². The maximum atomic E-state index is 10.4. The minimum Gasteiger partial charge on any atom is -0.456 e. The third kappa shape index (κ3) is 7.49. The molecular weight excluding hydrogens is 857 g/mol. The molecule has 2 aliphatic rings. The van der Waals surface area contributed by atoms with E-state index in [2.05, 4.69) is 208 Å². The standard InChI is InChI=1S/C63H64N4OSi/c1-38(2)28-46-32-57-47-26-24-42(35-64)29-53(47)49-27-25-44-33-59-54(48-20-14-17-23-58(48)68-59)34-52(44)63-66(36-41(7)61(49)65(57)37-60(46)69(8,9)10)55-21-15-16-22-56(55)67(63)62-50(39(3)4)30-45(31-51(62)40(5)6)43-18-12-11-13-19-43/h11-24,26,29-34,37-40,49,61H,7,25,27-28,36H2,1-6,8-10H3/q+2. The van der Waals surface area contributed by atoms with Gasteiger partial charge in [-0.15, -0.1) is 0 Å². The Hall–Kier alpha value is -6.81. The van der Waals surface area contributed by atoms with Crippen LogP contribution in [0.25, 0.3) is 72.4 Å². The molecule has 11 rings (SSSR count). The van der Waals surface area contributed by atoms with Gasteiger partial charge in [-0.2, -0.15) is 14.4 Å². The number of benzene rings is 6. The van der Waals surface area contributed by atoms with Crippen molar-refractivity contribution in [1.82, 2.24) is 4.57 Å². The highest BCUT2D eigenvalue weighted by molar-refractivity contribution is 6.89. The van der Waals surface area contributed by atoms with Gasteiger partial charge in [0.25, 0.3) is 5.82 Å². The molecule has 69 heavy (non-hydrogen) atoms. The maximum Gasteiger partial charge on any atom is 0.295 e. The van der Waals surface area contributed by atoms with Gasteiger partial charge in [-0.05, 0) is 125 Å². The number of aromatic nitrogens is 3. The third-order valence-corrected chi connectivity index (χ3v) is 17.2. The van der Waals surface area contributed by atoms with Crippen molar-refractivity contribution in [2.45, 2.75) is 111 Å². The monoisotopic (exact) mass is 920 g/mol. The first-order valence-corrected chi connectivity index (χ1v) is 28.7. The molecule has 2 aliphatic heterocycles. The Morgan fingerprint density at radius 1 is 0.754 bits per heavy atom. The van der Waals surface area contributed by atoms with Gasteiger partial charge in [-0.25, -0.2) is 4.57 Å². The van der Waals surface area contributed by atoms with Crippen molar-refractivity contribution in [1.29, 1.82) is 5.26 Å². The van der Waals surface area contributed by atoms with Crippen LogP contribution in [0.1, 0.15) is 105 Å². The summed E-state index contributed by atoms with van der Waals surface area (Å²) in [7, 11) is -1.81. The topological polar surface area (TPSA) is 49.6 Å². The van der Waals surface area contributed by atoms with Crippen LogP contribution < -0.4 is 14.3 Å². The van der Waals surface area contributed by atoms with Crippen LogP contribution in [0.4, 0.5) is 0 Å². The lowest BCUT2D eigenvalue weighted by Gasteiger charge is -2.34. The average Bonchev–Trinajstić information content (AvgIpc) is 3.86. The number of pyridine rings is 1. The van der Waals surface area contributed by atoms with E-state index < -0.39 is 8.07 Å². The molecule has 344 valence electrons. The Morgan fingerprint density at radius 2 is 1.46 bits per heavy atom. The van der Waals surface area contributed by atoms with E-state index in [0.717, 1.165) is 52.6 Å². The number of para-hydroxylation sites is 3. The van der Waals surface area contributed by atoms with Crippen molar-refractivity contribution >= 4 is 46.2 Å². The highest BCUT2D eigenvalue weighted by atomic mass is 28.3. The van der Waals surface area contributed by atoms with Crippen LogP contribution in [-0.4, -0.2) is 12.6 Å². The van der Waals surface area contributed by atoms with E-state index >= 15 is 0 Å². The summed E-state index contributed by atoms with van der Waals surface area (Å²) in [4.78, 5) is 0. The summed E-state index contributed by atoms with van der Waals surface area (Å²) >= 11 is 0. The van der Waals surface area contributed by atoms with E-state index in [1.165, 1.54) is 77.7 Å². The molecule has 0 amide bonds. The predicted molar refractivity (Wildman–Crippen MR) is 287 cm³/mol. The first-order valence-electron chi connectivity index (χ1n) is 25.2. The molecule has 3 aromatic heterocycles. The molecule has 0 bridgehead atoms. The Bertz CT molecular complexity index is 3540. The number of nitriles is 1. The molecule has 6 heteroatoms. The summed E-state index contributed by atoms with van der Waals surface area (Å²) in [5, 5.41) is 14.2. The van der Waals surface area contributed by atoms with Crippen molar-refractivity contribution in [2.75, 3.05) is 0 Å². The van der Waals surface area contributed by atoms with Crippen molar-refractivity contribution in [3.8, 4) is 45.5 Å². The van der Waals surface area contributed by atoms with Crippen LogP contribution in [0.3, 0.4) is 0 Å². The first kappa shape index (κ1) is 44.7. The second-order valence-electron chi connectivity index (χ2n) is 22.0. The van der Waals surface area contributed by atoms with Crippen molar-refractivity contribution in [2.24, 2.45) is 5.92 Å². The van der Waals surface area contributed by atoms with E-state index in [9.17, 15) is 5.26 Å². The number of hydrogen-bond donors (Lipinski definition) is 0. The molecule has 0 fully saturated rings. The molecule has 0 saturated heterocycles. The number of allylic oxidation sites excluding steroid dienone is 1. The molecule has 5 nitrogen and oxygen atoms in total. The number of rotatable bonds is 7. The molecule has 0 aliphatic carbocycles. The Morgan fingerprint density at radius 3 is 2.17 bits per heavy atom. The third-order valence-electron chi connectivity index (χ3n) is 15.1. The number of imidazole rings is 1. The van der Waals surface area contributed by atoms with Crippen molar-refractivity contribution in [3.05, 3.63) is 179 Å². The van der Waals surface area contributed by atoms with Crippen LogP contribution in [0.5, 0.6) is 0 Å². The molecule has 0 spiro atoms. The number of fused-ring (bicyclic) bond motifs is 14. The Labute approximate surface area is 409 Å². The lowest BCUT2D eigenvalue weighted by Crippen LogP contribution is -2.55. The average molecular weight is 921 g/mol. The fourth-order valence-corrected chi connectivity index (χ4v) is 13.7.